The average Bonchev–Trinajstić information content (AvgIpc) is 2.27. The smallest absolute Gasteiger partial charge is 0.0303 e. The van der Waals surface area contributed by atoms with Gasteiger partial charge in [-0.2, -0.15) is 0 Å². The van der Waals surface area contributed by atoms with E-state index >= 15 is 0 Å². The van der Waals surface area contributed by atoms with Crippen molar-refractivity contribution in [3.05, 3.63) is 59.8 Å². The lowest BCUT2D eigenvalue weighted by molar-refractivity contribution is 1.15. The topological polar surface area (TPSA) is 0 Å². The van der Waals surface area contributed by atoms with Crippen LogP contribution in [0.2, 0.25) is 0 Å². The molecule has 0 saturated carbocycles. The lowest BCUT2D eigenvalue weighted by Gasteiger charge is -1.96. The van der Waals surface area contributed by atoms with E-state index in [1.54, 1.807) is 0 Å². The molecule has 15 heavy (non-hydrogen) atoms. The summed E-state index contributed by atoms with van der Waals surface area (Å²) in [5, 5.41) is 0. The van der Waals surface area contributed by atoms with Crippen molar-refractivity contribution in [1.29, 1.82) is 0 Å². The lowest BCUT2D eigenvalue weighted by atomic mass is 10.1. The van der Waals surface area contributed by atoms with Gasteiger partial charge in [-0.1, -0.05) is 55.5 Å². The van der Waals surface area contributed by atoms with Crippen LogP contribution >= 0.6 is 0 Å². The Morgan fingerprint density at radius 1 is 0.933 bits per heavy atom. The van der Waals surface area contributed by atoms with E-state index in [9.17, 15) is 0 Å². The van der Waals surface area contributed by atoms with Crippen molar-refractivity contribution >= 4 is 0 Å². The molecule has 0 N–H and O–H groups in total. The molecule has 82 valence electrons. The molecule has 0 spiro atoms. The molecule has 0 aromatic rings. The van der Waals surface area contributed by atoms with Crippen molar-refractivity contribution in [2.24, 2.45) is 0 Å². The van der Waals surface area contributed by atoms with Crippen LogP contribution in [0.3, 0.4) is 0 Å². The van der Waals surface area contributed by atoms with Gasteiger partial charge in [0.2, 0.25) is 0 Å². The molecule has 0 nitrogen and oxygen atoms in total. The molecular weight excluding hydrogens is 180 g/mol. The van der Waals surface area contributed by atoms with Crippen LogP contribution in [0.15, 0.2) is 59.8 Å². The van der Waals surface area contributed by atoms with E-state index in [0.29, 0.717) is 0 Å². The van der Waals surface area contributed by atoms with Crippen molar-refractivity contribution in [1.82, 2.24) is 0 Å². The van der Waals surface area contributed by atoms with Crippen LogP contribution in [-0.2, 0) is 0 Å². The van der Waals surface area contributed by atoms with Crippen LogP contribution in [0.5, 0.6) is 0 Å². The van der Waals surface area contributed by atoms with Gasteiger partial charge in [0.05, 0.1) is 0 Å². The minimum atomic E-state index is 1.06. The molecule has 0 heterocycles. The zero-order valence-corrected chi connectivity index (χ0v) is 10.3. The number of hydrogen-bond donors (Lipinski definition) is 0. The molecule has 0 amide bonds. The van der Waals surface area contributed by atoms with Gasteiger partial charge in [0, 0.05) is 0 Å². The highest BCUT2D eigenvalue weighted by Crippen LogP contribution is 2.07. The van der Waals surface area contributed by atoms with Crippen LogP contribution in [0.4, 0.5) is 0 Å². The maximum absolute atomic E-state index is 2.18. The van der Waals surface area contributed by atoms with Gasteiger partial charge in [0.1, 0.15) is 0 Å². The monoisotopic (exact) mass is 202 g/mol. The zero-order valence-electron chi connectivity index (χ0n) is 10.3. The highest BCUT2D eigenvalue weighted by Gasteiger charge is 1.86. The van der Waals surface area contributed by atoms with E-state index in [1.165, 1.54) is 11.1 Å². The van der Waals surface area contributed by atoms with Crippen molar-refractivity contribution in [3.8, 4) is 0 Å². The predicted molar refractivity (Wildman–Crippen MR) is 70.9 cm³/mol. The molecular formula is C15H22. The van der Waals surface area contributed by atoms with E-state index < -0.39 is 0 Å². The summed E-state index contributed by atoms with van der Waals surface area (Å²) in [6.07, 6.45) is 17.9. The van der Waals surface area contributed by atoms with Crippen LogP contribution < -0.4 is 0 Å². The first kappa shape index (κ1) is 13.7. The summed E-state index contributed by atoms with van der Waals surface area (Å²) in [7, 11) is 0. The Balaban J connectivity index is 4.60. The number of allylic oxidation sites excluding steroid dienone is 10. The van der Waals surface area contributed by atoms with Gasteiger partial charge in [-0.25, -0.2) is 0 Å². The first-order valence-electron chi connectivity index (χ1n) is 5.57. The Hall–Kier alpha value is -1.30. The molecule has 0 aromatic heterocycles. The second kappa shape index (κ2) is 9.26. The van der Waals surface area contributed by atoms with Crippen LogP contribution in [-0.4, -0.2) is 0 Å². The van der Waals surface area contributed by atoms with E-state index in [1.807, 2.05) is 19.9 Å². The van der Waals surface area contributed by atoms with Crippen LogP contribution in [0.25, 0.3) is 0 Å². The third-order valence-corrected chi connectivity index (χ3v) is 2.09. The summed E-state index contributed by atoms with van der Waals surface area (Å²) in [5.41, 5.74) is 2.59. The van der Waals surface area contributed by atoms with Crippen molar-refractivity contribution < 1.29 is 0 Å². The lowest BCUT2D eigenvalue weighted by Crippen LogP contribution is -1.75. The van der Waals surface area contributed by atoms with E-state index in [0.717, 1.165) is 6.42 Å². The third-order valence-electron chi connectivity index (χ3n) is 2.09. The Labute approximate surface area is 94.4 Å². The fourth-order valence-corrected chi connectivity index (χ4v) is 1.15. The second-order valence-corrected chi connectivity index (χ2v) is 3.24. The second-order valence-electron chi connectivity index (χ2n) is 3.24. The van der Waals surface area contributed by atoms with Crippen molar-refractivity contribution in [2.45, 2.75) is 34.1 Å². The molecule has 0 saturated heterocycles. The molecule has 0 fully saturated rings. The molecule has 0 aliphatic carbocycles. The fraction of sp³-hybridized carbons (Fsp3) is 0.333. The highest BCUT2D eigenvalue weighted by atomic mass is 13.9. The third kappa shape index (κ3) is 6.73. The standard InChI is InChI=1S/C15H22/c1-5-9-11-15(8-4)13-12-14(7-3)10-6-2/h5-7,9-13H,8H2,1-4H3/b9-5-,10-6-,13-12+,14-7+,15-11+. The van der Waals surface area contributed by atoms with E-state index in [-0.39, 0.29) is 0 Å². The maximum atomic E-state index is 2.18. The van der Waals surface area contributed by atoms with Gasteiger partial charge >= 0.3 is 0 Å². The summed E-state index contributed by atoms with van der Waals surface area (Å²) in [5.74, 6) is 0. The molecule has 0 unspecified atom stereocenters. The largest absolute Gasteiger partial charge is 0.0877 e. The summed E-state index contributed by atoms with van der Waals surface area (Å²) in [4.78, 5) is 0. The summed E-state index contributed by atoms with van der Waals surface area (Å²) in [6.45, 7) is 8.30. The van der Waals surface area contributed by atoms with Crippen molar-refractivity contribution in [2.75, 3.05) is 0 Å². The molecule has 0 aliphatic rings. The predicted octanol–water partition coefficient (Wildman–Crippen LogP) is 4.98. The first-order valence-corrected chi connectivity index (χ1v) is 5.57. The van der Waals surface area contributed by atoms with Gasteiger partial charge in [-0.3, -0.25) is 0 Å². The molecule has 0 radical (unpaired) electrons. The van der Waals surface area contributed by atoms with E-state index in [2.05, 4.69) is 56.4 Å². The van der Waals surface area contributed by atoms with Crippen molar-refractivity contribution in [3.63, 3.8) is 0 Å². The Morgan fingerprint density at radius 3 is 2.13 bits per heavy atom. The summed E-state index contributed by atoms with van der Waals surface area (Å²) in [6, 6.07) is 0. The number of rotatable bonds is 5. The number of hydrogen-bond acceptors (Lipinski definition) is 0. The van der Waals surface area contributed by atoms with Gasteiger partial charge in [-0.15, -0.1) is 0 Å². The maximum Gasteiger partial charge on any atom is -0.0303 e. The van der Waals surface area contributed by atoms with Crippen LogP contribution in [0.1, 0.15) is 34.1 Å². The quantitative estimate of drug-likeness (QED) is 0.552. The molecule has 0 atom stereocenters. The Bertz CT molecular complexity index is 296. The van der Waals surface area contributed by atoms with Crippen LogP contribution in [0, 0.1) is 0 Å². The SMILES string of the molecule is C\C=C/C=C(/C=C/C(/C=C\C)=C/C)CC. The Morgan fingerprint density at radius 2 is 1.67 bits per heavy atom. The molecule has 0 rings (SSSR count). The molecule has 0 bridgehead atoms. The zero-order chi connectivity index (χ0) is 11.5. The summed E-state index contributed by atoms with van der Waals surface area (Å²) >= 11 is 0. The van der Waals surface area contributed by atoms with E-state index in [4.69, 9.17) is 0 Å². The minimum Gasteiger partial charge on any atom is -0.0877 e. The normalized spacial score (nSPS) is 14.9. The molecule has 0 heteroatoms. The highest BCUT2D eigenvalue weighted by molar-refractivity contribution is 5.35. The Kier molecular flexibility index (Phi) is 8.46. The summed E-state index contributed by atoms with van der Waals surface area (Å²) < 4.78 is 0. The molecule has 0 aliphatic heterocycles. The minimum absolute atomic E-state index is 1.06. The fourth-order valence-electron chi connectivity index (χ4n) is 1.15. The molecule has 0 aromatic carbocycles. The van der Waals surface area contributed by atoms with Gasteiger partial charge in [0.15, 0.2) is 0 Å². The van der Waals surface area contributed by atoms with Gasteiger partial charge < -0.3 is 0 Å². The van der Waals surface area contributed by atoms with Gasteiger partial charge in [0.25, 0.3) is 0 Å². The average molecular weight is 202 g/mol. The first-order chi connectivity index (χ1) is 7.28. The van der Waals surface area contributed by atoms with Gasteiger partial charge in [-0.05, 0) is 38.3 Å².